The lowest BCUT2D eigenvalue weighted by Crippen LogP contribution is -1.96. The predicted octanol–water partition coefficient (Wildman–Crippen LogP) is 2.84. The Morgan fingerprint density at radius 1 is 1.42 bits per heavy atom. The van der Waals surface area contributed by atoms with Crippen LogP contribution in [0.4, 0.5) is 4.39 Å². The van der Waals surface area contributed by atoms with E-state index >= 15 is 0 Å². The molecule has 1 nitrogen and oxygen atoms in total. The van der Waals surface area contributed by atoms with Crippen molar-refractivity contribution in [2.45, 2.75) is 20.0 Å². The predicted molar refractivity (Wildman–Crippen MR) is 46.6 cm³/mol. The van der Waals surface area contributed by atoms with Crippen LogP contribution < -0.4 is 0 Å². The van der Waals surface area contributed by atoms with Crippen LogP contribution >= 0.6 is 0 Å². The third-order valence-electron chi connectivity index (χ3n) is 2.00. The molecule has 0 aliphatic heterocycles. The molecule has 0 aliphatic rings. The summed E-state index contributed by atoms with van der Waals surface area (Å²) >= 11 is 0. The Balaban J connectivity index is 2.96. The van der Waals surface area contributed by atoms with Crippen LogP contribution in [-0.4, -0.2) is 7.11 Å². The quantitative estimate of drug-likeness (QED) is 0.659. The van der Waals surface area contributed by atoms with Crippen LogP contribution in [0, 0.1) is 12.7 Å². The van der Waals surface area contributed by atoms with Gasteiger partial charge in [-0.3, -0.25) is 0 Å². The summed E-state index contributed by atoms with van der Waals surface area (Å²) < 4.78 is 17.9. The van der Waals surface area contributed by atoms with E-state index < -0.39 is 0 Å². The molecule has 1 rings (SSSR count). The highest BCUT2D eigenvalue weighted by molar-refractivity contribution is 5.25. The van der Waals surface area contributed by atoms with E-state index in [9.17, 15) is 4.39 Å². The van der Waals surface area contributed by atoms with Gasteiger partial charge in [-0.15, -0.1) is 0 Å². The molecular weight excluding hydrogens is 155 g/mol. The third kappa shape index (κ3) is 1.83. The normalized spacial score (nSPS) is 13.0. The van der Waals surface area contributed by atoms with E-state index in [-0.39, 0.29) is 11.9 Å². The molecule has 0 fully saturated rings. The minimum absolute atomic E-state index is 0.0318. The minimum Gasteiger partial charge on any atom is -0.377 e. The van der Waals surface area contributed by atoms with Crippen LogP contribution in [0.15, 0.2) is 18.2 Å². The van der Waals surface area contributed by atoms with Crippen molar-refractivity contribution >= 4 is 0 Å². The van der Waals surface area contributed by atoms with Gasteiger partial charge in [0.15, 0.2) is 0 Å². The first-order valence-corrected chi connectivity index (χ1v) is 3.94. The zero-order valence-corrected chi connectivity index (χ0v) is 7.60. The number of ether oxygens (including phenoxy) is 1. The van der Waals surface area contributed by atoms with Crippen LogP contribution in [-0.2, 0) is 4.74 Å². The van der Waals surface area contributed by atoms with Gasteiger partial charge in [0, 0.05) is 7.11 Å². The Bertz CT molecular complexity index is 271. The lowest BCUT2D eigenvalue weighted by atomic mass is 10.1. The fraction of sp³-hybridized carbons (Fsp3) is 0.400. The second kappa shape index (κ2) is 3.68. The van der Waals surface area contributed by atoms with Crippen molar-refractivity contribution in [1.29, 1.82) is 0 Å². The summed E-state index contributed by atoms with van der Waals surface area (Å²) in [6.45, 7) is 3.69. The second-order valence-electron chi connectivity index (χ2n) is 2.89. The fourth-order valence-electron chi connectivity index (χ4n) is 1.06. The molecule has 0 aromatic heterocycles. The maximum Gasteiger partial charge on any atom is 0.126 e. The first-order chi connectivity index (χ1) is 5.65. The molecule has 1 atom stereocenters. The Hall–Kier alpha value is -0.890. The van der Waals surface area contributed by atoms with Crippen LogP contribution in [0.2, 0.25) is 0 Å². The smallest absolute Gasteiger partial charge is 0.126 e. The standard InChI is InChI=1S/C10H13FO/c1-7-6-9(8(2)12-3)4-5-10(7)11/h4-6,8H,1-3H3. The first kappa shape index (κ1) is 9.20. The lowest BCUT2D eigenvalue weighted by molar-refractivity contribution is 0.119. The van der Waals surface area contributed by atoms with Crippen LogP contribution in [0.1, 0.15) is 24.2 Å². The van der Waals surface area contributed by atoms with Gasteiger partial charge in [-0.1, -0.05) is 12.1 Å². The number of hydrogen-bond acceptors (Lipinski definition) is 1. The molecule has 0 spiro atoms. The van der Waals surface area contributed by atoms with Gasteiger partial charge >= 0.3 is 0 Å². The Morgan fingerprint density at radius 3 is 2.58 bits per heavy atom. The Labute approximate surface area is 72.2 Å². The van der Waals surface area contributed by atoms with Gasteiger partial charge in [0.1, 0.15) is 5.82 Å². The molecule has 0 saturated heterocycles. The average molecular weight is 168 g/mol. The number of rotatable bonds is 2. The van der Waals surface area contributed by atoms with Crippen molar-refractivity contribution in [1.82, 2.24) is 0 Å². The summed E-state index contributed by atoms with van der Waals surface area (Å²) in [6, 6.07) is 5.03. The highest BCUT2D eigenvalue weighted by atomic mass is 19.1. The number of hydrogen-bond donors (Lipinski definition) is 0. The fourth-order valence-corrected chi connectivity index (χ4v) is 1.06. The van der Waals surface area contributed by atoms with Crippen LogP contribution in [0.5, 0.6) is 0 Å². The van der Waals surface area contributed by atoms with Crippen molar-refractivity contribution in [2.24, 2.45) is 0 Å². The van der Waals surface area contributed by atoms with Crippen LogP contribution in [0.3, 0.4) is 0 Å². The van der Waals surface area contributed by atoms with Crippen molar-refractivity contribution < 1.29 is 9.13 Å². The van der Waals surface area contributed by atoms with Gasteiger partial charge in [0.05, 0.1) is 6.10 Å². The zero-order chi connectivity index (χ0) is 9.14. The van der Waals surface area contributed by atoms with Crippen molar-refractivity contribution in [3.63, 3.8) is 0 Å². The number of methoxy groups -OCH3 is 1. The zero-order valence-electron chi connectivity index (χ0n) is 7.60. The van der Waals surface area contributed by atoms with Gasteiger partial charge in [-0.2, -0.15) is 0 Å². The Kier molecular flexibility index (Phi) is 2.82. The van der Waals surface area contributed by atoms with Gasteiger partial charge in [-0.25, -0.2) is 4.39 Å². The first-order valence-electron chi connectivity index (χ1n) is 3.94. The highest BCUT2D eigenvalue weighted by Gasteiger charge is 2.05. The van der Waals surface area contributed by atoms with Crippen LogP contribution in [0.25, 0.3) is 0 Å². The molecule has 0 N–H and O–H groups in total. The molecular formula is C10H13FO. The molecule has 0 heterocycles. The molecule has 0 saturated carbocycles. The van der Waals surface area contributed by atoms with Gasteiger partial charge in [-0.05, 0) is 31.0 Å². The summed E-state index contributed by atoms with van der Waals surface area (Å²) in [6.07, 6.45) is 0.0318. The topological polar surface area (TPSA) is 9.23 Å². The van der Waals surface area contributed by atoms with E-state index in [4.69, 9.17) is 4.74 Å². The van der Waals surface area contributed by atoms with Crippen molar-refractivity contribution in [2.75, 3.05) is 7.11 Å². The molecule has 0 amide bonds. The van der Waals surface area contributed by atoms with E-state index in [2.05, 4.69) is 0 Å². The lowest BCUT2D eigenvalue weighted by Gasteiger charge is -2.10. The molecule has 66 valence electrons. The number of benzene rings is 1. The summed E-state index contributed by atoms with van der Waals surface area (Å²) in [7, 11) is 1.64. The average Bonchev–Trinajstić information content (AvgIpc) is 2.08. The third-order valence-corrected chi connectivity index (χ3v) is 2.00. The molecule has 1 aromatic carbocycles. The molecule has 0 radical (unpaired) electrons. The molecule has 0 bridgehead atoms. The van der Waals surface area contributed by atoms with E-state index in [1.165, 1.54) is 6.07 Å². The van der Waals surface area contributed by atoms with E-state index in [0.717, 1.165) is 5.56 Å². The largest absolute Gasteiger partial charge is 0.377 e. The number of halogens is 1. The van der Waals surface area contributed by atoms with E-state index in [1.54, 1.807) is 20.1 Å². The highest BCUT2D eigenvalue weighted by Crippen LogP contribution is 2.18. The molecule has 1 unspecified atom stereocenters. The monoisotopic (exact) mass is 168 g/mol. The molecule has 1 aromatic rings. The summed E-state index contributed by atoms with van der Waals surface area (Å²) in [5.74, 6) is -0.165. The summed E-state index contributed by atoms with van der Waals surface area (Å²) in [5, 5.41) is 0. The maximum absolute atomic E-state index is 12.8. The molecule has 12 heavy (non-hydrogen) atoms. The van der Waals surface area contributed by atoms with E-state index in [0.29, 0.717) is 5.56 Å². The molecule has 0 aliphatic carbocycles. The SMILES string of the molecule is COC(C)c1ccc(F)c(C)c1. The van der Waals surface area contributed by atoms with Gasteiger partial charge in [0.2, 0.25) is 0 Å². The minimum atomic E-state index is -0.165. The van der Waals surface area contributed by atoms with E-state index in [1.807, 2.05) is 13.0 Å². The van der Waals surface area contributed by atoms with Gasteiger partial charge < -0.3 is 4.74 Å². The summed E-state index contributed by atoms with van der Waals surface area (Å²) in [4.78, 5) is 0. The Morgan fingerprint density at radius 2 is 2.08 bits per heavy atom. The second-order valence-corrected chi connectivity index (χ2v) is 2.89. The van der Waals surface area contributed by atoms with Crippen molar-refractivity contribution in [3.8, 4) is 0 Å². The maximum atomic E-state index is 12.8. The number of aryl methyl sites for hydroxylation is 1. The van der Waals surface area contributed by atoms with Crippen molar-refractivity contribution in [3.05, 3.63) is 35.1 Å². The molecule has 2 heteroatoms. The van der Waals surface area contributed by atoms with Gasteiger partial charge in [0.25, 0.3) is 0 Å². The summed E-state index contributed by atoms with van der Waals surface area (Å²) in [5.41, 5.74) is 1.67.